The molecular weight excluding hydrogens is 322 g/mol. The van der Waals surface area contributed by atoms with Crippen LogP contribution in [0.4, 0.5) is 0 Å². The average Bonchev–Trinajstić information content (AvgIpc) is 3.51. The highest BCUT2D eigenvalue weighted by atomic mass is 16.5. The molecule has 0 spiro atoms. The fraction of sp³-hybridized carbons (Fsp3) is 0.217. The first kappa shape index (κ1) is 17.9. The summed E-state index contributed by atoms with van der Waals surface area (Å²) in [6, 6.07) is 19.2. The Morgan fingerprint density at radius 2 is 1.62 bits per heavy atom. The number of hydrogen-bond donors (Lipinski definition) is 0. The third-order valence-corrected chi connectivity index (χ3v) is 4.29. The maximum absolute atomic E-state index is 12.7. The first-order valence-corrected chi connectivity index (χ1v) is 8.94. The van der Waals surface area contributed by atoms with Crippen LogP contribution < -0.4 is 0 Å². The van der Waals surface area contributed by atoms with E-state index in [9.17, 15) is 4.79 Å². The molecule has 0 bridgehead atoms. The summed E-state index contributed by atoms with van der Waals surface area (Å²) in [7, 11) is 0. The van der Waals surface area contributed by atoms with Gasteiger partial charge in [-0.15, -0.1) is 0 Å². The van der Waals surface area contributed by atoms with Crippen LogP contribution in [0, 0.1) is 0 Å². The molecule has 2 aromatic carbocycles. The van der Waals surface area contributed by atoms with Crippen LogP contribution in [0.15, 0.2) is 89.5 Å². The van der Waals surface area contributed by atoms with Gasteiger partial charge in [0.05, 0.1) is 12.3 Å². The Bertz CT molecular complexity index is 788. The van der Waals surface area contributed by atoms with Gasteiger partial charge in [-0.05, 0) is 25.3 Å². The number of carbonyl (C=O) groups is 1. The van der Waals surface area contributed by atoms with Crippen LogP contribution in [0.25, 0.3) is 0 Å². The van der Waals surface area contributed by atoms with Crippen molar-refractivity contribution >= 4 is 11.7 Å². The molecule has 3 nitrogen and oxygen atoms in total. The van der Waals surface area contributed by atoms with E-state index in [1.807, 2.05) is 67.6 Å². The number of nitrogens with zero attached hydrogens (tertiary/aromatic N) is 1. The van der Waals surface area contributed by atoms with Crippen molar-refractivity contribution < 1.29 is 9.53 Å². The Balaban J connectivity index is 2.12. The van der Waals surface area contributed by atoms with Crippen LogP contribution in [0.1, 0.15) is 30.9 Å². The van der Waals surface area contributed by atoms with E-state index < -0.39 is 6.04 Å². The first-order chi connectivity index (χ1) is 12.7. The van der Waals surface area contributed by atoms with Crippen molar-refractivity contribution in [2.24, 2.45) is 4.99 Å². The minimum absolute atomic E-state index is 0.328. The molecule has 1 aliphatic rings. The normalized spacial score (nSPS) is 13.5. The quantitative estimate of drug-likeness (QED) is 0.537. The van der Waals surface area contributed by atoms with Crippen LogP contribution in [-0.2, 0) is 9.53 Å². The van der Waals surface area contributed by atoms with E-state index in [0.29, 0.717) is 6.61 Å². The minimum Gasteiger partial charge on any atom is -0.464 e. The monoisotopic (exact) mass is 345 g/mol. The molecule has 1 atom stereocenters. The maximum atomic E-state index is 12.7. The van der Waals surface area contributed by atoms with Gasteiger partial charge in [0.25, 0.3) is 0 Å². The molecule has 0 aliphatic heterocycles. The summed E-state index contributed by atoms with van der Waals surface area (Å²) >= 11 is 0. The highest BCUT2D eigenvalue weighted by Gasteiger charge is 2.29. The van der Waals surface area contributed by atoms with Gasteiger partial charge in [-0.3, -0.25) is 4.99 Å². The average molecular weight is 345 g/mol. The predicted octanol–water partition coefficient (Wildman–Crippen LogP) is 4.73. The molecule has 0 N–H and O–H groups in total. The minimum atomic E-state index is -0.680. The molecule has 3 rings (SSSR count). The summed E-state index contributed by atoms with van der Waals surface area (Å²) in [5.41, 5.74) is 4.84. The lowest BCUT2D eigenvalue weighted by Crippen LogP contribution is -2.25. The van der Waals surface area contributed by atoms with Crippen molar-refractivity contribution in [2.75, 3.05) is 6.61 Å². The van der Waals surface area contributed by atoms with E-state index in [1.54, 1.807) is 6.08 Å². The highest BCUT2D eigenvalue weighted by Crippen LogP contribution is 2.35. The van der Waals surface area contributed by atoms with E-state index in [4.69, 9.17) is 9.73 Å². The molecule has 0 aromatic heterocycles. The van der Waals surface area contributed by atoms with Gasteiger partial charge in [0, 0.05) is 11.1 Å². The summed E-state index contributed by atoms with van der Waals surface area (Å²) in [4.78, 5) is 17.5. The largest absolute Gasteiger partial charge is 0.464 e. The number of hydrogen-bond acceptors (Lipinski definition) is 3. The van der Waals surface area contributed by atoms with Crippen molar-refractivity contribution in [3.63, 3.8) is 0 Å². The smallest absolute Gasteiger partial charge is 0.335 e. The van der Waals surface area contributed by atoms with Crippen LogP contribution in [0.3, 0.4) is 0 Å². The molecule has 0 radical (unpaired) electrons. The summed E-state index contributed by atoms with van der Waals surface area (Å²) in [6.07, 6.45) is 3.75. The van der Waals surface area contributed by atoms with Crippen LogP contribution in [0.5, 0.6) is 0 Å². The summed E-state index contributed by atoms with van der Waals surface area (Å²) in [5.74, 6) is -0.328. The number of esters is 1. The highest BCUT2D eigenvalue weighted by molar-refractivity contribution is 6.13. The van der Waals surface area contributed by atoms with Crippen molar-refractivity contribution in [2.45, 2.75) is 25.8 Å². The summed E-state index contributed by atoms with van der Waals surface area (Å²) in [5, 5.41) is 0. The standard InChI is InChI=1S/C23H23NO2/c1-3-20(17-15-16-17)22(23(25)26-4-2)24-21(18-11-7-5-8-12-18)19-13-9-6-10-14-19/h3,5-14,22H,1,4,15-16H2,2H3. The number of benzene rings is 2. The number of allylic oxidation sites excluding steroid dienone is 1. The Morgan fingerprint density at radius 3 is 2.04 bits per heavy atom. The molecule has 1 unspecified atom stereocenters. The molecule has 26 heavy (non-hydrogen) atoms. The van der Waals surface area contributed by atoms with Gasteiger partial charge in [0.1, 0.15) is 0 Å². The van der Waals surface area contributed by atoms with Crippen LogP contribution >= 0.6 is 0 Å². The molecule has 3 heteroatoms. The SMILES string of the molecule is C=CC(=C1CC1)C(N=C(c1ccccc1)c1ccccc1)C(=O)OCC. The maximum Gasteiger partial charge on any atom is 0.335 e. The molecule has 1 aliphatic carbocycles. The zero-order chi connectivity index (χ0) is 18.4. The van der Waals surface area contributed by atoms with Crippen molar-refractivity contribution in [3.8, 4) is 0 Å². The Kier molecular flexibility index (Phi) is 5.80. The fourth-order valence-electron chi connectivity index (χ4n) is 2.91. The topological polar surface area (TPSA) is 38.7 Å². The lowest BCUT2D eigenvalue weighted by molar-refractivity contribution is -0.143. The van der Waals surface area contributed by atoms with E-state index in [0.717, 1.165) is 35.3 Å². The molecule has 1 saturated carbocycles. The van der Waals surface area contributed by atoms with E-state index in [1.165, 1.54) is 5.57 Å². The van der Waals surface area contributed by atoms with Gasteiger partial charge in [0.2, 0.25) is 0 Å². The van der Waals surface area contributed by atoms with Crippen molar-refractivity contribution in [1.82, 2.24) is 0 Å². The number of rotatable bonds is 7. The molecule has 0 heterocycles. The van der Waals surface area contributed by atoms with E-state index in [-0.39, 0.29) is 5.97 Å². The van der Waals surface area contributed by atoms with Gasteiger partial charge >= 0.3 is 5.97 Å². The van der Waals surface area contributed by atoms with Gasteiger partial charge < -0.3 is 4.74 Å². The van der Waals surface area contributed by atoms with Gasteiger partial charge in [-0.2, -0.15) is 0 Å². The summed E-state index contributed by atoms with van der Waals surface area (Å²) < 4.78 is 5.31. The second-order valence-electron chi connectivity index (χ2n) is 6.13. The van der Waals surface area contributed by atoms with Gasteiger partial charge in [0.15, 0.2) is 6.04 Å². The number of ether oxygens (including phenoxy) is 1. The molecule has 0 amide bonds. The zero-order valence-electron chi connectivity index (χ0n) is 15.0. The fourth-order valence-corrected chi connectivity index (χ4v) is 2.91. The molecule has 0 saturated heterocycles. The summed E-state index contributed by atoms with van der Waals surface area (Å²) in [6.45, 7) is 6.04. The van der Waals surface area contributed by atoms with Gasteiger partial charge in [-0.1, -0.05) is 78.9 Å². The van der Waals surface area contributed by atoms with Crippen LogP contribution in [0.2, 0.25) is 0 Å². The molecule has 2 aromatic rings. The molecule has 1 fully saturated rings. The lowest BCUT2D eigenvalue weighted by Gasteiger charge is -2.16. The second kappa shape index (κ2) is 8.43. The second-order valence-corrected chi connectivity index (χ2v) is 6.13. The Labute approximate surface area is 154 Å². The lowest BCUT2D eigenvalue weighted by atomic mass is 10.0. The number of aliphatic imine (C=N–C) groups is 1. The third kappa shape index (κ3) is 4.17. The first-order valence-electron chi connectivity index (χ1n) is 8.94. The predicted molar refractivity (Wildman–Crippen MR) is 105 cm³/mol. The van der Waals surface area contributed by atoms with Crippen molar-refractivity contribution in [1.29, 1.82) is 0 Å². The molecular formula is C23H23NO2. The van der Waals surface area contributed by atoms with Gasteiger partial charge in [-0.25, -0.2) is 4.79 Å². The van der Waals surface area contributed by atoms with E-state index in [2.05, 4.69) is 6.58 Å². The zero-order valence-corrected chi connectivity index (χ0v) is 15.0. The van der Waals surface area contributed by atoms with E-state index >= 15 is 0 Å². The van der Waals surface area contributed by atoms with Crippen molar-refractivity contribution in [3.05, 3.63) is 95.6 Å². The Hall–Kier alpha value is -2.94. The Morgan fingerprint density at radius 1 is 1.08 bits per heavy atom. The molecule has 132 valence electrons. The number of carbonyl (C=O) groups excluding carboxylic acids is 1. The third-order valence-electron chi connectivity index (χ3n) is 4.29. The van der Waals surface area contributed by atoms with Crippen LogP contribution in [-0.4, -0.2) is 24.3 Å².